The van der Waals surface area contributed by atoms with Gasteiger partial charge in [0.25, 0.3) is 0 Å². The third-order valence-corrected chi connectivity index (χ3v) is 4.97. The molecule has 1 fully saturated rings. The summed E-state index contributed by atoms with van der Waals surface area (Å²) in [6.07, 6.45) is 4.04. The molecule has 1 aromatic rings. The third-order valence-electron chi connectivity index (χ3n) is 4.97. The van der Waals surface area contributed by atoms with Crippen LogP contribution >= 0.6 is 0 Å². The largest absolute Gasteiger partial charge is 0.377 e. The molecule has 2 amide bonds. The zero-order valence-electron chi connectivity index (χ0n) is 16.8. The van der Waals surface area contributed by atoms with E-state index in [0.717, 1.165) is 49.2 Å². The van der Waals surface area contributed by atoms with Crippen LogP contribution in [0.4, 0.5) is 11.4 Å². The van der Waals surface area contributed by atoms with Gasteiger partial charge in [0.15, 0.2) is 0 Å². The van der Waals surface area contributed by atoms with E-state index in [1.54, 1.807) is 0 Å². The number of anilines is 2. The van der Waals surface area contributed by atoms with Gasteiger partial charge in [0, 0.05) is 50.4 Å². The number of hydrogen-bond acceptors (Lipinski definition) is 3. The highest BCUT2D eigenvalue weighted by Gasteiger charge is 2.25. The van der Waals surface area contributed by atoms with Crippen LogP contribution in [0.1, 0.15) is 52.0 Å². The number of nitrogens with zero attached hydrogens (tertiary/aromatic N) is 2. The van der Waals surface area contributed by atoms with E-state index in [4.69, 9.17) is 0 Å². The zero-order valence-corrected chi connectivity index (χ0v) is 16.8. The molecule has 1 aliphatic rings. The van der Waals surface area contributed by atoms with Crippen LogP contribution < -0.4 is 10.2 Å². The first kappa shape index (κ1) is 20.3. The van der Waals surface area contributed by atoms with E-state index >= 15 is 0 Å². The van der Waals surface area contributed by atoms with Crippen LogP contribution in [0.3, 0.4) is 0 Å². The first-order valence-corrected chi connectivity index (χ1v) is 9.73. The van der Waals surface area contributed by atoms with Gasteiger partial charge in [-0.25, -0.2) is 0 Å². The average molecular weight is 360 g/mol. The lowest BCUT2D eigenvalue weighted by Gasteiger charge is -2.28. The van der Waals surface area contributed by atoms with Crippen LogP contribution in [-0.2, 0) is 16.1 Å². The minimum atomic E-state index is -0.0224. The molecule has 0 bridgehead atoms. The van der Waals surface area contributed by atoms with Gasteiger partial charge < -0.3 is 15.1 Å². The Hall–Kier alpha value is -2.04. The summed E-state index contributed by atoms with van der Waals surface area (Å²) in [5.74, 6) is 0.417. The average Bonchev–Trinajstić information content (AvgIpc) is 2.51. The quantitative estimate of drug-likeness (QED) is 0.766. The van der Waals surface area contributed by atoms with Gasteiger partial charge in [0.05, 0.1) is 0 Å². The molecule has 26 heavy (non-hydrogen) atoms. The Balaban J connectivity index is 2.23. The fourth-order valence-electron chi connectivity index (χ4n) is 3.25. The summed E-state index contributed by atoms with van der Waals surface area (Å²) in [7, 11) is 4.00. The fraction of sp³-hybridized carbons (Fsp3) is 0.619. The predicted molar refractivity (Wildman–Crippen MR) is 107 cm³/mol. The second-order valence-corrected chi connectivity index (χ2v) is 7.77. The van der Waals surface area contributed by atoms with Crippen LogP contribution in [0.25, 0.3) is 0 Å². The van der Waals surface area contributed by atoms with E-state index in [0.29, 0.717) is 6.54 Å². The van der Waals surface area contributed by atoms with E-state index < -0.39 is 0 Å². The molecule has 0 atom stereocenters. The summed E-state index contributed by atoms with van der Waals surface area (Å²) < 4.78 is 0. The van der Waals surface area contributed by atoms with Crippen molar-refractivity contribution in [2.24, 2.45) is 11.8 Å². The number of nitrogens with one attached hydrogen (secondary N) is 1. The molecule has 0 radical (unpaired) electrons. The molecular weight excluding hydrogens is 326 g/mol. The zero-order chi connectivity index (χ0) is 19.3. The molecular formula is C21H33N3O2. The molecule has 2 rings (SSSR count). The molecule has 1 aliphatic carbocycles. The highest BCUT2D eigenvalue weighted by Crippen LogP contribution is 2.29. The van der Waals surface area contributed by atoms with Gasteiger partial charge in [0.1, 0.15) is 0 Å². The summed E-state index contributed by atoms with van der Waals surface area (Å²) >= 11 is 0. The number of carbonyl (C=O) groups is 2. The van der Waals surface area contributed by atoms with Crippen molar-refractivity contribution in [3.63, 3.8) is 0 Å². The minimum Gasteiger partial charge on any atom is -0.377 e. The van der Waals surface area contributed by atoms with Gasteiger partial charge in [0.2, 0.25) is 11.8 Å². The third kappa shape index (κ3) is 4.99. The van der Waals surface area contributed by atoms with Crippen molar-refractivity contribution in [2.75, 3.05) is 30.9 Å². The van der Waals surface area contributed by atoms with Crippen molar-refractivity contribution < 1.29 is 9.59 Å². The van der Waals surface area contributed by atoms with E-state index in [-0.39, 0.29) is 23.7 Å². The molecule has 0 unspecified atom stereocenters. The Bertz CT molecular complexity index is 636. The summed E-state index contributed by atoms with van der Waals surface area (Å²) in [4.78, 5) is 28.8. The van der Waals surface area contributed by atoms with Gasteiger partial charge in [-0.15, -0.1) is 0 Å². The van der Waals surface area contributed by atoms with Gasteiger partial charge in [-0.3, -0.25) is 9.59 Å². The second-order valence-electron chi connectivity index (χ2n) is 7.77. The van der Waals surface area contributed by atoms with Gasteiger partial charge in [-0.1, -0.05) is 27.2 Å². The maximum atomic E-state index is 12.6. The number of hydrogen-bond donors (Lipinski definition) is 1. The maximum Gasteiger partial charge on any atom is 0.227 e. The highest BCUT2D eigenvalue weighted by atomic mass is 16.2. The summed E-state index contributed by atoms with van der Waals surface area (Å²) in [5, 5.41) is 3.05. The minimum absolute atomic E-state index is 0.0224. The molecule has 0 aromatic heterocycles. The van der Waals surface area contributed by atoms with E-state index in [9.17, 15) is 9.59 Å². The van der Waals surface area contributed by atoms with Crippen LogP contribution in [0.5, 0.6) is 0 Å². The Morgan fingerprint density at radius 1 is 1.23 bits per heavy atom. The molecule has 0 aliphatic heterocycles. The van der Waals surface area contributed by atoms with Crippen molar-refractivity contribution in [1.29, 1.82) is 0 Å². The molecule has 0 spiro atoms. The van der Waals surface area contributed by atoms with Crippen molar-refractivity contribution in [1.82, 2.24) is 4.90 Å². The first-order valence-electron chi connectivity index (χ1n) is 9.73. The molecule has 5 nitrogen and oxygen atoms in total. The number of amides is 2. The normalized spacial score (nSPS) is 14.1. The molecule has 0 saturated heterocycles. The number of carbonyl (C=O) groups excluding carboxylic acids is 2. The second kappa shape index (κ2) is 9.06. The Morgan fingerprint density at radius 3 is 2.42 bits per heavy atom. The van der Waals surface area contributed by atoms with E-state index in [1.807, 2.05) is 51.0 Å². The van der Waals surface area contributed by atoms with Crippen molar-refractivity contribution in [3.05, 3.63) is 23.8 Å². The monoisotopic (exact) mass is 359 g/mol. The summed E-state index contributed by atoms with van der Waals surface area (Å²) in [5.41, 5.74) is 2.95. The first-order chi connectivity index (χ1) is 12.3. The lowest BCUT2D eigenvalue weighted by atomic mass is 9.85. The van der Waals surface area contributed by atoms with Crippen LogP contribution in [0, 0.1) is 11.8 Å². The van der Waals surface area contributed by atoms with Crippen molar-refractivity contribution in [2.45, 2.75) is 53.0 Å². The summed E-state index contributed by atoms with van der Waals surface area (Å²) in [6, 6.07) is 5.99. The molecule has 5 heteroatoms. The number of rotatable bonds is 8. The van der Waals surface area contributed by atoms with Crippen molar-refractivity contribution in [3.8, 4) is 0 Å². The summed E-state index contributed by atoms with van der Waals surface area (Å²) in [6.45, 7) is 7.26. The standard InChI is InChI=1S/C21H33N3O2/c1-6-12-24(21(26)15(2)3)14-17-13-18(10-11-19(17)23(4)5)22-20(25)16-8-7-9-16/h10-11,13,15-16H,6-9,12,14H2,1-5H3,(H,22,25). The smallest absolute Gasteiger partial charge is 0.227 e. The van der Waals surface area contributed by atoms with Crippen molar-refractivity contribution >= 4 is 23.2 Å². The lowest BCUT2D eigenvalue weighted by Crippen LogP contribution is -2.35. The van der Waals surface area contributed by atoms with Gasteiger partial charge in [-0.05, 0) is 43.0 Å². The SMILES string of the molecule is CCCN(Cc1cc(NC(=O)C2CCC2)ccc1N(C)C)C(=O)C(C)C. The predicted octanol–water partition coefficient (Wildman–Crippen LogP) is 3.89. The molecule has 1 aromatic carbocycles. The maximum absolute atomic E-state index is 12.6. The van der Waals surface area contributed by atoms with Crippen LogP contribution in [0.2, 0.25) is 0 Å². The molecule has 144 valence electrons. The highest BCUT2D eigenvalue weighted by molar-refractivity contribution is 5.93. The molecule has 1 N–H and O–H groups in total. The fourth-order valence-corrected chi connectivity index (χ4v) is 3.25. The Labute approximate surface area is 157 Å². The van der Waals surface area contributed by atoms with Crippen LogP contribution in [-0.4, -0.2) is 37.4 Å². The number of benzene rings is 1. The Morgan fingerprint density at radius 2 is 1.92 bits per heavy atom. The van der Waals surface area contributed by atoms with Gasteiger partial charge >= 0.3 is 0 Å². The molecule has 0 heterocycles. The topological polar surface area (TPSA) is 52.7 Å². The van der Waals surface area contributed by atoms with Gasteiger partial charge in [-0.2, -0.15) is 0 Å². The van der Waals surface area contributed by atoms with E-state index in [1.165, 1.54) is 0 Å². The van der Waals surface area contributed by atoms with E-state index in [2.05, 4.69) is 17.1 Å². The molecule has 1 saturated carbocycles. The lowest BCUT2D eigenvalue weighted by molar-refractivity contribution is -0.135. The van der Waals surface area contributed by atoms with Crippen LogP contribution in [0.15, 0.2) is 18.2 Å². The Kier molecular flexibility index (Phi) is 7.06.